The van der Waals surface area contributed by atoms with Crippen LogP contribution in [0.4, 0.5) is 4.79 Å². The second-order valence-corrected chi connectivity index (χ2v) is 4.22. The Kier molecular flexibility index (Phi) is 5.70. The summed E-state index contributed by atoms with van der Waals surface area (Å²) in [4.78, 5) is 12.9. The molecule has 1 rings (SSSR count). The monoisotopic (exact) mass is 297 g/mol. The number of halogens is 1. The SMILES string of the molecule is O=C(I)OCCN1CCCCCC1. The molecule has 1 aliphatic rings. The molecule has 1 saturated heterocycles. The molecule has 0 aliphatic carbocycles. The largest absolute Gasteiger partial charge is 0.457 e. The molecule has 0 saturated carbocycles. The van der Waals surface area contributed by atoms with Crippen LogP contribution >= 0.6 is 22.6 Å². The first-order valence-electron chi connectivity index (χ1n) is 4.83. The summed E-state index contributed by atoms with van der Waals surface area (Å²) in [6.45, 7) is 3.77. The van der Waals surface area contributed by atoms with E-state index in [0.29, 0.717) is 6.61 Å². The van der Waals surface area contributed by atoms with Crippen LogP contribution in [0.1, 0.15) is 25.7 Å². The van der Waals surface area contributed by atoms with Gasteiger partial charge in [0.1, 0.15) is 6.61 Å². The molecular weight excluding hydrogens is 281 g/mol. The van der Waals surface area contributed by atoms with E-state index in [1.54, 1.807) is 22.6 Å². The molecule has 0 radical (unpaired) electrons. The summed E-state index contributed by atoms with van der Waals surface area (Å²) in [6.07, 6.45) is 5.28. The molecule has 13 heavy (non-hydrogen) atoms. The highest BCUT2D eigenvalue weighted by atomic mass is 127. The number of carbonyl (C=O) groups is 1. The van der Waals surface area contributed by atoms with Crippen LogP contribution in [-0.2, 0) is 4.74 Å². The average Bonchev–Trinajstić information content (AvgIpc) is 2.32. The Bertz CT molecular complexity index is 156. The minimum Gasteiger partial charge on any atom is -0.457 e. The number of hydrogen-bond donors (Lipinski definition) is 0. The van der Waals surface area contributed by atoms with Gasteiger partial charge < -0.3 is 4.74 Å². The molecule has 0 unspecified atom stereocenters. The van der Waals surface area contributed by atoms with Gasteiger partial charge in [-0.3, -0.25) is 4.90 Å². The van der Waals surface area contributed by atoms with Gasteiger partial charge in [0.2, 0.25) is 0 Å². The highest BCUT2D eigenvalue weighted by Gasteiger charge is 2.08. The fraction of sp³-hybridized carbons (Fsp3) is 0.889. The lowest BCUT2D eigenvalue weighted by atomic mass is 10.2. The van der Waals surface area contributed by atoms with E-state index in [1.807, 2.05) is 0 Å². The van der Waals surface area contributed by atoms with Crippen LogP contribution in [0.2, 0.25) is 0 Å². The van der Waals surface area contributed by atoms with Gasteiger partial charge in [-0.25, -0.2) is 4.79 Å². The van der Waals surface area contributed by atoms with Crippen molar-refractivity contribution in [2.24, 2.45) is 0 Å². The summed E-state index contributed by atoms with van der Waals surface area (Å²) in [5.41, 5.74) is 0. The molecule has 76 valence electrons. The van der Waals surface area contributed by atoms with Gasteiger partial charge in [-0.1, -0.05) is 12.8 Å². The van der Waals surface area contributed by atoms with Crippen LogP contribution in [0, 0.1) is 0 Å². The van der Waals surface area contributed by atoms with Gasteiger partial charge in [0.25, 0.3) is 0 Å². The van der Waals surface area contributed by atoms with Crippen LogP contribution in [0.3, 0.4) is 0 Å². The van der Waals surface area contributed by atoms with Crippen molar-refractivity contribution in [2.75, 3.05) is 26.2 Å². The molecule has 1 aliphatic heterocycles. The number of hydrogen-bond acceptors (Lipinski definition) is 3. The third-order valence-corrected chi connectivity index (χ3v) is 2.63. The van der Waals surface area contributed by atoms with Crippen LogP contribution in [-0.4, -0.2) is 35.1 Å². The number of nitrogens with zero attached hydrogens (tertiary/aromatic N) is 1. The van der Waals surface area contributed by atoms with Crippen molar-refractivity contribution in [2.45, 2.75) is 25.7 Å². The predicted octanol–water partition coefficient (Wildman–Crippen LogP) is 2.43. The number of likely N-dealkylation sites (tertiary alicyclic amines) is 1. The average molecular weight is 297 g/mol. The van der Waals surface area contributed by atoms with E-state index < -0.39 is 0 Å². The maximum atomic E-state index is 10.5. The first kappa shape index (κ1) is 11.2. The molecule has 0 aromatic rings. The zero-order valence-corrected chi connectivity index (χ0v) is 9.96. The Labute approximate surface area is 92.9 Å². The summed E-state index contributed by atoms with van der Waals surface area (Å²) in [6, 6.07) is 0. The smallest absolute Gasteiger partial charge is 0.367 e. The van der Waals surface area contributed by atoms with Crippen molar-refractivity contribution >= 4 is 26.6 Å². The van der Waals surface area contributed by atoms with Gasteiger partial charge in [-0.2, -0.15) is 0 Å². The van der Waals surface area contributed by atoms with Gasteiger partial charge in [0, 0.05) is 6.54 Å². The van der Waals surface area contributed by atoms with E-state index in [0.717, 1.165) is 6.54 Å². The fourth-order valence-corrected chi connectivity index (χ4v) is 1.83. The molecule has 3 nitrogen and oxygen atoms in total. The highest BCUT2D eigenvalue weighted by molar-refractivity contribution is 14.1. The Morgan fingerprint density at radius 1 is 1.23 bits per heavy atom. The molecule has 0 atom stereocenters. The topological polar surface area (TPSA) is 29.5 Å². The zero-order valence-electron chi connectivity index (χ0n) is 7.80. The minimum atomic E-state index is -0.201. The Balaban J connectivity index is 2.08. The lowest BCUT2D eigenvalue weighted by Gasteiger charge is -2.18. The van der Waals surface area contributed by atoms with Gasteiger partial charge in [0.15, 0.2) is 0 Å². The second-order valence-electron chi connectivity index (χ2n) is 3.34. The highest BCUT2D eigenvalue weighted by Crippen LogP contribution is 2.09. The maximum absolute atomic E-state index is 10.5. The molecule has 4 heteroatoms. The zero-order chi connectivity index (χ0) is 9.52. The van der Waals surface area contributed by atoms with E-state index in [9.17, 15) is 4.79 Å². The molecular formula is C9H16INO2. The van der Waals surface area contributed by atoms with Crippen molar-refractivity contribution in [3.8, 4) is 0 Å². The Morgan fingerprint density at radius 3 is 2.38 bits per heavy atom. The summed E-state index contributed by atoms with van der Waals surface area (Å²) in [5, 5.41) is 0. The van der Waals surface area contributed by atoms with Crippen molar-refractivity contribution in [1.82, 2.24) is 4.90 Å². The molecule has 0 spiro atoms. The quantitative estimate of drug-likeness (QED) is 0.592. The van der Waals surface area contributed by atoms with Gasteiger partial charge in [-0.05, 0) is 25.9 Å². The minimum absolute atomic E-state index is 0.201. The van der Waals surface area contributed by atoms with E-state index in [1.165, 1.54) is 38.8 Å². The molecule has 1 heterocycles. The third-order valence-electron chi connectivity index (χ3n) is 2.32. The summed E-state index contributed by atoms with van der Waals surface area (Å²) >= 11 is 1.66. The van der Waals surface area contributed by atoms with Crippen LogP contribution in [0.5, 0.6) is 0 Å². The fourth-order valence-electron chi connectivity index (χ4n) is 1.61. The standard InChI is InChI=1S/C9H16INO2/c10-9(12)13-8-7-11-5-3-1-2-4-6-11/h1-8H2. The van der Waals surface area contributed by atoms with Gasteiger partial charge in [0.05, 0.1) is 22.6 Å². The summed E-state index contributed by atoms with van der Waals surface area (Å²) < 4.78 is 4.69. The van der Waals surface area contributed by atoms with Crippen LogP contribution in [0.15, 0.2) is 0 Å². The van der Waals surface area contributed by atoms with Crippen molar-refractivity contribution in [1.29, 1.82) is 0 Å². The van der Waals surface area contributed by atoms with Gasteiger partial charge >= 0.3 is 3.98 Å². The van der Waals surface area contributed by atoms with E-state index >= 15 is 0 Å². The van der Waals surface area contributed by atoms with Crippen molar-refractivity contribution in [3.05, 3.63) is 0 Å². The second kappa shape index (κ2) is 6.59. The molecule has 0 bridgehead atoms. The number of rotatable bonds is 3. The molecule has 1 fully saturated rings. The number of carbonyl (C=O) groups excluding carboxylic acids is 1. The Morgan fingerprint density at radius 2 is 1.85 bits per heavy atom. The van der Waals surface area contributed by atoms with Crippen LogP contribution < -0.4 is 0 Å². The molecule has 0 aromatic carbocycles. The Hall–Kier alpha value is 0.160. The normalized spacial score (nSPS) is 19.5. The first-order valence-corrected chi connectivity index (χ1v) is 5.91. The lowest BCUT2D eigenvalue weighted by Crippen LogP contribution is -2.28. The summed E-state index contributed by atoms with van der Waals surface area (Å²) in [5.74, 6) is 0. The summed E-state index contributed by atoms with van der Waals surface area (Å²) in [7, 11) is 0. The third kappa shape index (κ3) is 5.46. The van der Waals surface area contributed by atoms with E-state index in [4.69, 9.17) is 4.74 Å². The van der Waals surface area contributed by atoms with E-state index in [2.05, 4.69) is 4.90 Å². The predicted molar refractivity (Wildman–Crippen MR) is 60.3 cm³/mol. The molecule has 0 N–H and O–H groups in total. The van der Waals surface area contributed by atoms with E-state index in [-0.39, 0.29) is 3.98 Å². The van der Waals surface area contributed by atoms with Gasteiger partial charge in [-0.15, -0.1) is 0 Å². The van der Waals surface area contributed by atoms with Crippen LogP contribution in [0.25, 0.3) is 0 Å². The lowest BCUT2D eigenvalue weighted by molar-refractivity contribution is 0.154. The first-order chi connectivity index (χ1) is 6.29. The van der Waals surface area contributed by atoms with Crippen molar-refractivity contribution in [3.63, 3.8) is 0 Å². The molecule has 0 amide bonds. The molecule has 0 aromatic heterocycles. The maximum Gasteiger partial charge on any atom is 0.367 e. The number of ether oxygens (including phenoxy) is 1. The van der Waals surface area contributed by atoms with Crippen molar-refractivity contribution < 1.29 is 9.53 Å².